The maximum atomic E-state index is 11.8. The van der Waals surface area contributed by atoms with E-state index in [1.54, 1.807) is 11.3 Å². The molecule has 2 rings (SSSR count). The van der Waals surface area contributed by atoms with Gasteiger partial charge in [-0.05, 0) is 35.2 Å². The van der Waals surface area contributed by atoms with Gasteiger partial charge in [-0.25, -0.2) is 0 Å². The fraction of sp³-hybridized carbons (Fsp3) is 0.571. The number of carbonyl (C=O) groups excluding carboxylic acids is 2. The largest absolute Gasteiger partial charge is 0.345 e. The summed E-state index contributed by atoms with van der Waals surface area (Å²) in [6.07, 6.45) is 6.73. The number of amides is 2. The quantitative estimate of drug-likeness (QED) is 0.659. The Kier molecular flexibility index (Phi) is 5.39. The zero-order valence-corrected chi connectivity index (χ0v) is 11.8. The summed E-state index contributed by atoms with van der Waals surface area (Å²) >= 11 is 1.58. The summed E-state index contributed by atoms with van der Waals surface area (Å²) in [5.41, 5.74) is 1.03. The predicted octanol–water partition coefficient (Wildman–Crippen LogP) is 2.20. The molecule has 104 valence electrons. The van der Waals surface area contributed by atoms with Crippen LogP contribution in [0.15, 0.2) is 16.8 Å². The van der Waals surface area contributed by atoms with E-state index in [-0.39, 0.29) is 6.04 Å². The Morgan fingerprint density at radius 3 is 2.53 bits per heavy atom. The highest BCUT2D eigenvalue weighted by atomic mass is 32.1. The molecule has 1 aromatic rings. The van der Waals surface area contributed by atoms with Gasteiger partial charge >= 0.3 is 11.8 Å². The van der Waals surface area contributed by atoms with Gasteiger partial charge in [0.25, 0.3) is 0 Å². The molecule has 0 spiro atoms. The van der Waals surface area contributed by atoms with E-state index in [0.29, 0.717) is 6.54 Å². The first-order valence-electron chi connectivity index (χ1n) is 6.85. The molecule has 5 heteroatoms. The van der Waals surface area contributed by atoms with Crippen molar-refractivity contribution in [2.45, 2.75) is 51.1 Å². The van der Waals surface area contributed by atoms with Gasteiger partial charge in [-0.1, -0.05) is 25.7 Å². The van der Waals surface area contributed by atoms with Gasteiger partial charge in [-0.3, -0.25) is 9.59 Å². The van der Waals surface area contributed by atoms with Gasteiger partial charge in [0.1, 0.15) is 0 Å². The summed E-state index contributed by atoms with van der Waals surface area (Å²) in [5, 5.41) is 9.40. The second-order valence-corrected chi connectivity index (χ2v) is 5.76. The molecule has 1 aliphatic carbocycles. The predicted molar refractivity (Wildman–Crippen MR) is 75.8 cm³/mol. The minimum atomic E-state index is -0.532. The third-order valence-corrected chi connectivity index (χ3v) is 4.16. The first kappa shape index (κ1) is 14.1. The molecule has 0 saturated heterocycles. The maximum absolute atomic E-state index is 11.8. The van der Waals surface area contributed by atoms with Gasteiger partial charge in [0.2, 0.25) is 0 Å². The molecule has 2 amide bonds. The minimum Gasteiger partial charge on any atom is -0.345 e. The van der Waals surface area contributed by atoms with E-state index in [2.05, 4.69) is 10.6 Å². The molecule has 0 aliphatic heterocycles. The van der Waals surface area contributed by atoms with E-state index < -0.39 is 11.8 Å². The monoisotopic (exact) mass is 280 g/mol. The van der Waals surface area contributed by atoms with Crippen LogP contribution in [-0.2, 0) is 16.1 Å². The Hall–Kier alpha value is -1.36. The van der Waals surface area contributed by atoms with Crippen molar-refractivity contribution in [3.05, 3.63) is 22.4 Å². The SMILES string of the molecule is O=C(NCc1ccsc1)C(=O)NC1CCCCCC1. The Balaban J connectivity index is 1.73. The summed E-state index contributed by atoms with van der Waals surface area (Å²) in [6.45, 7) is 0.417. The molecule has 0 bridgehead atoms. The van der Waals surface area contributed by atoms with Crippen molar-refractivity contribution in [1.29, 1.82) is 0 Å². The van der Waals surface area contributed by atoms with Gasteiger partial charge in [0, 0.05) is 12.6 Å². The van der Waals surface area contributed by atoms with Crippen molar-refractivity contribution in [2.24, 2.45) is 0 Å². The number of carbonyl (C=O) groups is 2. The Morgan fingerprint density at radius 1 is 1.16 bits per heavy atom. The van der Waals surface area contributed by atoms with Gasteiger partial charge in [0.05, 0.1) is 0 Å². The summed E-state index contributed by atoms with van der Waals surface area (Å²) in [7, 11) is 0. The van der Waals surface area contributed by atoms with Crippen LogP contribution in [0.3, 0.4) is 0 Å². The zero-order valence-electron chi connectivity index (χ0n) is 11.0. The van der Waals surface area contributed by atoms with Crippen LogP contribution in [0.25, 0.3) is 0 Å². The van der Waals surface area contributed by atoms with Gasteiger partial charge in [-0.2, -0.15) is 11.3 Å². The maximum Gasteiger partial charge on any atom is 0.309 e. The molecule has 2 N–H and O–H groups in total. The molecule has 0 aromatic carbocycles. The lowest BCUT2D eigenvalue weighted by Crippen LogP contribution is -2.44. The van der Waals surface area contributed by atoms with E-state index in [9.17, 15) is 9.59 Å². The highest BCUT2D eigenvalue weighted by Crippen LogP contribution is 2.17. The van der Waals surface area contributed by atoms with Gasteiger partial charge in [0.15, 0.2) is 0 Å². The fourth-order valence-electron chi connectivity index (χ4n) is 2.33. The lowest BCUT2D eigenvalue weighted by Gasteiger charge is -2.15. The first-order chi connectivity index (χ1) is 9.25. The Morgan fingerprint density at radius 2 is 1.89 bits per heavy atom. The molecule has 19 heavy (non-hydrogen) atoms. The number of thiophene rings is 1. The molecule has 1 saturated carbocycles. The molecular weight excluding hydrogens is 260 g/mol. The highest BCUT2D eigenvalue weighted by Gasteiger charge is 2.19. The molecule has 1 aliphatic rings. The fourth-order valence-corrected chi connectivity index (χ4v) is 3.00. The topological polar surface area (TPSA) is 58.2 Å². The molecule has 0 atom stereocenters. The molecule has 1 aromatic heterocycles. The van der Waals surface area contributed by atoms with Crippen molar-refractivity contribution in [3.63, 3.8) is 0 Å². The molecule has 1 heterocycles. The Labute approximate surface area is 117 Å². The standard InChI is InChI=1S/C14H20N2O2S/c17-13(15-9-11-7-8-19-10-11)14(18)16-12-5-3-1-2-4-6-12/h7-8,10,12H,1-6,9H2,(H,15,17)(H,16,18). The normalized spacial score (nSPS) is 16.6. The lowest BCUT2D eigenvalue weighted by atomic mass is 10.1. The second kappa shape index (κ2) is 7.28. The van der Waals surface area contributed by atoms with Crippen molar-refractivity contribution >= 4 is 23.2 Å². The van der Waals surface area contributed by atoms with Gasteiger partial charge in [-0.15, -0.1) is 0 Å². The van der Waals surface area contributed by atoms with Crippen LogP contribution in [0.4, 0.5) is 0 Å². The molecule has 0 unspecified atom stereocenters. The molecule has 0 radical (unpaired) electrons. The third kappa shape index (κ3) is 4.67. The van der Waals surface area contributed by atoms with Crippen LogP contribution in [0, 0.1) is 0 Å². The van der Waals surface area contributed by atoms with Crippen molar-refractivity contribution < 1.29 is 9.59 Å². The van der Waals surface area contributed by atoms with E-state index in [4.69, 9.17) is 0 Å². The second-order valence-electron chi connectivity index (χ2n) is 4.98. The minimum absolute atomic E-state index is 0.168. The average Bonchev–Trinajstić information content (AvgIpc) is 2.80. The molecule has 1 fully saturated rings. The van der Waals surface area contributed by atoms with Crippen LogP contribution >= 0.6 is 11.3 Å². The first-order valence-corrected chi connectivity index (χ1v) is 7.80. The zero-order chi connectivity index (χ0) is 13.5. The summed E-state index contributed by atoms with van der Waals surface area (Å²) in [4.78, 5) is 23.4. The van der Waals surface area contributed by atoms with Crippen LogP contribution in [-0.4, -0.2) is 17.9 Å². The van der Waals surface area contributed by atoms with Gasteiger partial charge < -0.3 is 10.6 Å². The molecule has 4 nitrogen and oxygen atoms in total. The number of hydrogen-bond acceptors (Lipinski definition) is 3. The van der Waals surface area contributed by atoms with Crippen LogP contribution < -0.4 is 10.6 Å². The van der Waals surface area contributed by atoms with E-state index >= 15 is 0 Å². The van der Waals surface area contributed by atoms with Crippen molar-refractivity contribution in [3.8, 4) is 0 Å². The lowest BCUT2D eigenvalue weighted by molar-refractivity contribution is -0.139. The van der Waals surface area contributed by atoms with Crippen LogP contribution in [0.5, 0.6) is 0 Å². The van der Waals surface area contributed by atoms with E-state index in [0.717, 1.165) is 31.2 Å². The number of rotatable bonds is 3. The van der Waals surface area contributed by atoms with Crippen LogP contribution in [0.1, 0.15) is 44.1 Å². The van der Waals surface area contributed by atoms with Crippen LogP contribution in [0.2, 0.25) is 0 Å². The number of hydrogen-bond donors (Lipinski definition) is 2. The Bertz CT molecular complexity index is 409. The smallest absolute Gasteiger partial charge is 0.309 e. The summed E-state index contributed by atoms with van der Waals surface area (Å²) in [6, 6.07) is 2.11. The summed E-state index contributed by atoms with van der Waals surface area (Å²) < 4.78 is 0. The van der Waals surface area contributed by atoms with Crippen molar-refractivity contribution in [2.75, 3.05) is 0 Å². The molecular formula is C14H20N2O2S. The number of nitrogens with one attached hydrogen (secondary N) is 2. The third-order valence-electron chi connectivity index (χ3n) is 3.43. The van der Waals surface area contributed by atoms with Crippen molar-refractivity contribution in [1.82, 2.24) is 10.6 Å². The summed E-state index contributed by atoms with van der Waals surface area (Å²) in [5.74, 6) is -1.03. The average molecular weight is 280 g/mol. The van der Waals surface area contributed by atoms with E-state index in [1.807, 2.05) is 16.8 Å². The highest BCUT2D eigenvalue weighted by molar-refractivity contribution is 7.07. The van der Waals surface area contributed by atoms with E-state index in [1.165, 1.54) is 12.8 Å².